The lowest BCUT2D eigenvalue weighted by Crippen LogP contribution is -2.36. The minimum atomic E-state index is -2.62. The SMILES string of the molecule is O=C(Nc1cc(C2CC(F)(F)C2)no1)NC1CCCn2ncnc21. The molecule has 128 valence electrons. The molecule has 1 aliphatic carbocycles. The highest BCUT2D eigenvalue weighted by Crippen LogP contribution is 2.48. The van der Waals surface area contributed by atoms with E-state index < -0.39 is 12.0 Å². The number of carbonyl (C=O) groups is 1. The average Bonchev–Trinajstić information content (AvgIpc) is 3.14. The summed E-state index contributed by atoms with van der Waals surface area (Å²) in [5.41, 5.74) is 0.439. The van der Waals surface area contributed by atoms with Gasteiger partial charge in [-0.1, -0.05) is 5.16 Å². The van der Waals surface area contributed by atoms with E-state index in [1.165, 1.54) is 12.4 Å². The number of rotatable bonds is 3. The molecule has 2 amide bonds. The molecule has 1 fully saturated rings. The number of fused-ring (bicyclic) bond motifs is 1. The molecule has 4 rings (SSSR count). The van der Waals surface area contributed by atoms with Gasteiger partial charge in [0.25, 0.3) is 0 Å². The molecular weight excluding hydrogens is 322 g/mol. The summed E-state index contributed by atoms with van der Waals surface area (Å²) in [7, 11) is 0. The Morgan fingerprint density at radius 2 is 2.25 bits per heavy atom. The van der Waals surface area contributed by atoms with Crippen LogP contribution in [0.1, 0.15) is 49.2 Å². The number of alkyl halides is 2. The lowest BCUT2D eigenvalue weighted by molar-refractivity contribution is -0.0880. The smallest absolute Gasteiger partial charge is 0.322 e. The molecule has 0 radical (unpaired) electrons. The van der Waals surface area contributed by atoms with Gasteiger partial charge in [-0.15, -0.1) is 0 Å². The quantitative estimate of drug-likeness (QED) is 0.896. The number of aromatic nitrogens is 4. The van der Waals surface area contributed by atoms with Gasteiger partial charge in [-0.3, -0.25) is 5.32 Å². The fourth-order valence-corrected chi connectivity index (χ4v) is 3.14. The van der Waals surface area contributed by atoms with Gasteiger partial charge in [-0.25, -0.2) is 23.2 Å². The van der Waals surface area contributed by atoms with Crippen molar-refractivity contribution in [2.45, 2.75) is 50.1 Å². The highest BCUT2D eigenvalue weighted by Gasteiger charge is 2.47. The highest BCUT2D eigenvalue weighted by molar-refractivity contribution is 5.88. The van der Waals surface area contributed by atoms with E-state index in [0.717, 1.165) is 19.4 Å². The van der Waals surface area contributed by atoms with Crippen molar-refractivity contribution >= 4 is 11.9 Å². The number of hydrogen-bond donors (Lipinski definition) is 2. The van der Waals surface area contributed by atoms with Gasteiger partial charge < -0.3 is 9.84 Å². The van der Waals surface area contributed by atoms with Crippen molar-refractivity contribution in [2.24, 2.45) is 0 Å². The number of aryl methyl sites for hydroxylation is 1. The van der Waals surface area contributed by atoms with E-state index in [1.807, 2.05) is 0 Å². The predicted octanol–water partition coefficient (Wildman–Crippen LogP) is 2.44. The van der Waals surface area contributed by atoms with E-state index in [4.69, 9.17) is 4.52 Å². The summed E-state index contributed by atoms with van der Waals surface area (Å²) in [5, 5.41) is 13.2. The molecule has 2 aliphatic rings. The van der Waals surface area contributed by atoms with Crippen molar-refractivity contribution in [3.63, 3.8) is 0 Å². The molecule has 0 spiro atoms. The predicted molar refractivity (Wildman–Crippen MR) is 77.6 cm³/mol. The highest BCUT2D eigenvalue weighted by atomic mass is 19.3. The third kappa shape index (κ3) is 2.83. The van der Waals surface area contributed by atoms with Gasteiger partial charge in [0.1, 0.15) is 12.2 Å². The fraction of sp³-hybridized carbons (Fsp3) is 0.571. The Hall–Kier alpha value is -2.52. The molecule has 0 saturated heterocycles. The summed E-state index contributed by atoms with van der Waals surface area (Å²) >= 11 is 0. The van der Waals surface area contributed by atoms with Crippen molar-refractivity contribution in [2.75, 3.05) is 5.32 Å². The number of halogens is 2. The van der Waals surface area contributed by atoms with Crippen LogP contribution in [0.2, 0.25) is 0 Å². The first-order valence-corrected chi connectivity index (χ1v) is 7.80. The van der Waals surface area contributed by atoms with Gasteiger partial charge >= 0.3 is 6.03 Å². The van der Waals surface area contributed by atoms with Gasteiger partial charge in [0.2, 0.25) is 11.8 Å². The largest absolute Gasteiger partial charge is 0.338 e. The normalized spacial score (nSPS) is 22.5. The summed E-state index contributed by atoms with van der Waals surface area (Å²) < 4.78 is 32.6. The molecule has 0 aromatic carbocycles. The van der Waals surface area contributed by atoms with Crippen LogP contribution in [-0.4, -0.2) is 31.9 Å². The number of hydrogen-bond acceptors (Lipinski definition) is 5. The molecule has 10 heteroatoms. The first kappa shape index (κ1) is 15.0. The van der Waals surface area contributed by atoms with Crippen LogP contribution in [0, 0.1) is 0 Å². The zero-order chi connectivity index (χ0) is 16.7. The Balaban J connectivity index is 1.35. The molecule has 3 heterocycles. The molecule has 1 saturated carbocycles. The van der Waals surface area contributed by atoms with E-state index in [2.05, 4.69) is 25.9 Å². The van der Waals surface area contributed by atoms with E-state index in [0.29, 0.717) is 11.5 Å². The van der Waals surface area contributed by atoms with E-state index >= 15 is 0 Å². The summed E-state index contributed by atoms with van der Waals surface area (Å²) in [6.45, 7) is 0.784. The topological polar surface area (TPSA) is 97.9 Å². The zero-order valence-corrected chi connectivity index (χ0v) is 12.7. The van der Waals surface area contributed by atoms with Gasteiger partial charge in [-0.2, -0.15) is 5.10 Å². The van der Waals surface area contributed by atoms with Gasteiger partial charge in [0, 0.05) is 31.4 Å². The molecule has 0 bridgehead atoms. The molecule has 24 heavy (non-hydrogen) atoms. The molecule has 2 aromatic heterocycles. The van der Waals surface area contributed by atoms with Crippen molar-refractivity contribution < 1.29 is 18.1 Å². The van der Waals surface area contributed by atoms with Crippen LogP contribution in [0.4, 0.5) is 19.5 Å². The van der Waals surface area contributed by atoms with Crippen LogP contribution in [0.3, 0.4) is 0 Å². The standard InChI is InChI=1S/C14H16F2N6O2/c15-14(16)5-8(6-14)10-4-11(24-21-10)20-13(23)19-9-2-1-3-22-12(9)17-7-18-22/h4,7-9H,1-3,5-6H2,(H2,19,20,23). The third-order valence-corrected chi connectivity index (χ3v) is 4.40. The first-order chi connectivity index (χ1) is 11.5. The van der Waals surface area contributed by atoms with Crippen LogP contribution in [0.15, 0.2) is 16.9 Å². The second-order valence-electron chi connectivity index (χ2n) is 6.21. The molecule has 8 nitrogen and oxygen atoms in total. The first-order valence-electron chi connectivity index (χ1n) is 7.80. The summed E-state index contributed by atoms with van der Waals surface area (Å²) in [6.07, 6.45) is 2.66. The van der Waals surface area contributed by atoms with E-state index in [9.17, 15) is 13.6 Å². The molecule has 2 aromatic rings. The molecule has 1 unspecified atom stereocenters. The number of urea groups is 1. The third-order valence-electron chi connectivity index (χ3n) is 4.40. The molecule has 1 aliphatic heterocycles. The minimum absolute atomic E-state index is 0.134. The maximum Gasteiger partial charge on any atom is 0.322 e. The van der Waals surface area contributed by atoms with E-state index in [1.54, 1.807) is 4.68 Å². The minimum Gasteiger partial charge on any atom is -0.338 e. The summed E-state index contributed by atoms with van der Waals surface area (Å²) in [5.74, 6) is -2.09. The van der Waals surface area contributed by atoms with Gasteiger partial charge in [0.05, 0.1) is 11.7 Å². The summed E-state index contributed by atoms with van der Waals surface area (Å²) in [6, 6.07) is 0.801. The number of amides is 2. The number of anilines is 1. The average molecular weight is 338 g/mol. The Morgan fingerprint density at radius 3 is 3.04 bits per heavy atom. The monoisotopic (exact) mass is 338 g/mol. The summed E-state index contributed by atoms with van der Waals surface area (Å²) in [4.78, 5) is 16.3. The lowest BCUT2D eigenvalue weighted by atomic mass is 9.79. The molecular formula is C14H16F2N6O2. The maximum atomic E-state index is 12.9. The van der Waals surface area contributed by atoms with Crippen molar-refractivity contribution in [3.05, 3.63) is 23.9 Å². The number of carbonyl (C=O) groups excluding carboxylic acids is 1. The lowest BCUT2D eigenvalue weighted by Gasteiger charge is -2.33. The Morgan fingerprint density at radius 1 is 1.42 bits per heavy atom. The second-order valence-corrected chi connectivity index (χ2v) is 6.21. The second kappa shape index (κ2) is 5.53. The van der Waals surface area contributed by atoms with Gasteiger partial charge in [0.15, 0.2) is 0 Å². The van der Waals surface area contributed by atoms with E-state index in [-0.39, 0.29) is 30.7 Å². The zero-order valence-electron chi connectivity index (χ0n) is 12.7. The van der Waals surface area contributed by atoms with Crippen molar-refractivity contribution in [1.29, 1.82) is 0 Å². The number of nitrogens with one attached hydrogen (secondary N) is 2. The number of nitrogens with zero attached hydrogens (tertiary/aromatic N) is 4. The maximum absolute atomic E-state index is 12.9. The van der Waals surface area contributed by atoms with Crippen molar-refractivity contribution in [3.8, 4) is 0 Å². The van der Waals surface area contributed by atoms with Crippen molar-refractivity contribution in [1.82, 2.24) is 25.2 Å². The Labute approximate surface area is 135 Å². The van der Waals surface area contributed by atoms with Gasteiger partial charge in [-0.05, 0) is 12.8 Å². The van der Waals surface area contributed by atoms with Crippen LogP contribution >= 0.6 is 0 Å². The molecule has 1 atom stereocenters. The Bertz CT molecular complexity index is 750. The Kier molecular flexibility index (Phi) is 3.47. The molecule has 2 N–H and O–H groups in total. The van der Waals surface area contributed by atoms with Crippen LogP contribution in [-0.2, 0) is 6.54 Å². The van der Waals surface area contributed by atoms with Crippen LogP contribution in [0.5, 0.6) is 0 Å². The fourth-order valence-electron chi connectivity index (χ4n) is 3.14. The van der Waals surface area contributed by atoms with Crippen LogP contribution < -0.4 is 10.6 Å². The van der Waals surface area contributed by atoms with Crippen LogP contribution in [0.25, 0.3) is 0 Å².